The van der Waals surface area contributed by atoms with Gasteiger partial charge in [0.05, 0.1) is 26.2 Å². The van der Waals surface area contributed by atoms with Gasteiger partial charge in [0, 0.05) is 11.3 Å². The minimum absolute atomic E-state index is 0.685. The van der Waals surface area contributed by atoms with E-state index >= 15 is 0 Å². The van der Waals surface area contributed by atoms with Gasteiger partial charge in [-0.1, -0.05) is 54.5 Å². The van der Waals surface area contributed by atoms with Crippen molar-refractivity contribution in [2.45, 2.75) is 19.9 Å². The third-order valence-electron chi connectivity index (χ3n) is 5.08. The summed E-state index contributed by atoms with van der Waals surface area (Å²) in [6.45, 7) is 7.22. The van der Waals surface area contributed by atoms with Crippen molar-refractivity contribution in [1.82, 2.24) is 10.1 Å². The standard InChI is InChI=1S/C21H24N4O/c1-2-17-8-10-18(11-9-17)21-22-20(26-23-21)16-24-12-14-25(15-13-24)19-6-4-3-5-7-19/h3-11H,2,12-16H2,1H3/p+1. The third kappa shape index (κ3) is 3.78. The van der Waals surface area contributed by atoms with Crippen LogP contribution in [-0.2, 0) is 13.0 Å². The van der Waals surface area contributed by atoms with E-state index in [0.717, 1.165) is 50.6 Å². The summed E-state index contributed by atoms with van der Waals surface area (Å²) in [6.07, 6.45) is 1.04. The van der Waals surface area contributed by atoms with Gasteiger partial charge in [-0.3, -0.25) is 0 Å². The van der Waals surface area contributed by atoms with Crippen LogP contribution in [0.2, 0.25) is 0 Å². The van der Waals surface area contributed by atoms with Crippen molar-refractivity contribution in [1.29, 1.82) is 0 Å². The van der Waals surface area contributed by atoms with Crippen molar-refractivity contribution in [2.75, 3.05) is 31.1 Å². The van der Waals surface area contributed by atoms with Crippen LogP contribution in [0.3, 0.4) is 0 Å². The molecule has 2 heterocycles. The number of hydrogen-bond donors (Lipinski definition) is 1. The van der Waals surface area contributed by atoms with Crippen molar-refractivity contribution in [3.8, 4) is 11.4 Å². The molecule has 5 heteroatoms. The SMILES string of the molecule is CCc1ccc(-c2noc(C[NH+]3CCN(c4ccccc4)CC3)n2)cc1. The van der Waals surface area contributed by atoms with Crippen molar-refractivity contribution < 1.29 is 9.42 Å². The topological polar surface area (TPSA) is 46.6 Å². The molecule has 26 heavy (non-hydrogen) atoms. The predicted molar refractivity (Wildman–Crippen MR) is 102 cm³/mol. The molecule has 0 radical (unpaired) electrons. The second kappa shape index (κ2) is 7.70. The Morgan fingerprint density at radius 2 is 1.73 bits per heavy atom. The van der Waals surface area contributed by atoms with Crippen molar-refractivity contribution in [2.24, 2.45) is 0 Å². The van der Waals surface area contributed by atoms with E-state index in [1.807, 2.05) is 0 Å². The Morgan fingerprint density at radius 3 is 2.42 bits per heavy atom. The minimum atomic E-state index is 0.685. The lowest BCUT2D eigenvalue weighted by Crippen LogP contribution is -3.13. The van der Waals surface area contributed by atoms with Crippen LogP contribution in [0.25, 0.3) is 11.4 Å². The van der Waals surface area contributed by atoms with Gasteiger partial charge < -0.3 is 14.3 Å². The molecule has 1 saturated heterocycles. The molecule has 1 aliphatic rings. The predicted octanol–water partition coefficient (Wildman–Crippen LogP) is 2.20. The summed E-state index contributed by atoms with van der Waals surface area (Å²) in [5.41, 5.74) is 3.64. The van der Waals surface area contributed by atoms with Crippen LogP contribution in [-0.4, -0.2) is 36.3 Å². The molecule has 0 aliphatic carbocycles. The fourth-order valence-corrected chi connectivity index (χ4v) is 3.44. The first-order chi connectivity index (χ1) is 12.8. The fraction of sp³-hybridized carbons (Fsp3) is 0.333. The van der Waals surface area contributed by atoms with E-state index in [0.29, 0.717) is 5.82 Å². The van der Waals surface area contributed by atoms with Crippen LogP contribution in [0.15, 0.2) is 59.1 Å². The Hall–Kier alpha value is -2.66. The number of anilines is 1. The summed E-state index contributed by atoms with van der Waals surface area (Å²) >= 11 is 0. The fourth-order valence-electron chi connectivity index (χ4n) is 3.44. The van der Waals surface area contributed by atoms with Crippen LogP contribution < -0.4 is 9.80 Å². The van der Waals surface area contributed by atoms with E-state index < -0.39 is 0 Å². The number of para-hydroxylation sites is 1. The van der Waals surface area contributed by atoms with Gasteiger partial charge in [-0.25, -0.2) is 0 Å². The summed E-state index contributed by atoms with van der Waals surface area (Å²) in [6, 6.07) is 19.0. The summed E-state index contributed by atoms with van der Waals surface area (Å²) < 4.78 is 5.49. The van der Waals surface area contributed by atoms with E-state index in [1.54, 1.807) is 0 Å². The highest BCUT2D eigenvalue weighted by Crippen LogP contribution is 2.17. The molecule has 0 spiro atoms. The number of rotatable bonds is 5. The summed E-state index contributed by atoms with van der Waals surface area (Å²) in [4.78, 5) is 8.53. The Labute approximate surface area is 154 Å². The average molecular weight is 349 g/mol. The Morgan fingerprint density at radius 1 is 1.00 bits per heavy atom. The van der Waals surface area contributed by atoms with Crippen LogP contribution in [0.5, 0.6) is 0 Å². The van der Waals surface area contributed by atoms with Gasteiger partial charge in [-0.2, -0.15) is 4.98 Å². The normalized spacial score (nSPS) is 15.3. The lowest BCUT2D eigenvalue weighted by atomic mass is 10.1. The Bertz CT molecular complexity index is 821. The van der Waals surface area contributed by atoms with Gasteiger partial charge >= 0.3 is 0 Å². The van der Waals surface area contributed by atoms with Gasteiger partial charge in [0.15, 0.2) is 6.54 Å². The number of aryl methyl sites for hydroxylation is 1. The number of quaternary nitrogens is 1. The van der Waals surface area contributed by atoms with Crippen LogP contribution >= 0.6 is 0 Å². The molecule has 1 aromatic heterocycles. The minimum Gasteiger partial charge on any atom is -0.360 e. The molecule has 1 fully saturated rings. The van der Waals surface area contributed by atoms with Gasteiger partial charge in [0.25, 0.3) is 5.89 Å². The second-order valence-electron chi connectivity index (χ2n) is 6.81. The number of nitrogens with one attached hydrogen (secondary N) is 1. The molecule has 4 rings (SSSR count). The largest absolute Gasteiger partial charge is 0.360 e. The van der Waals surface area contributed by atoms with Crippen molar-refractivity contribution in [3.05, 3.63) is 66.1 Å². The molecule has 134 valence electrons. The number of aromatic nitrogens is 2. The molecule has 1 aliphatic heterocycles. The lowest BCUT2D eigenvalue weighted by Gasteiger charge is -2.33. The van der Waals surface area contributed by atoms with Gasteiger partial charge in [0.1, 0.15) is 0 Å². The number of hydrogen-bond acceptors (Lipinski definition) is 4. The zero-order valence-electron chi connectivity index (χ0n) is 15.2. The zero-order valence-corrected chi connectivity index (χ0v) is 15.2. The zero-order chi connectivity index (χ0) is 17.8. The van der Waals surface area contributed by atoms with Crippen molar-refractivity contribution >= 4 is 5.69 Å². The Balaban J connectivity index is 1.35. The maximum Gasteiger partial charge on any atom is 0.282 e. The molecule has 3 aromatic rings. The first kappa shape index (κ1) is 16.8. The Kier molecular flexibility index (Phi) is 4.97. The summed E-state index contributed by atoms with van der Waals surface area (Å²) in [7, 11) is 0. The number of benzene rings is 2. The van der Waals surface area contributed by atoms with Crippen LogP contribution in [0.1, 0.15) is 18.4 Å². The van der Waals surface area contributed by atoms with E-state index in [1.165, 1.54) is 16.2 Å². The number of piperazine rings is 1. The maximum absolute atomic E-state index is 5.49. The highest BCUT2D eigenvalue weighted by Gasteiger charge is 2.22. The monoisotopic (exact) mass is 349 g/mol. The molecule has 1 N–H and O–H groups in total. The highest BCUT2D eigenvalue weighted by molar-refractivity contribution is 5.54. The molecule has 0 saturated carbocycles. The third-order valence-corrected chi connectivity index (χ3v) is 5.08. The van der Waals surface area contributed by atoms with E-state index in [2.05, 4.69) is 76.6 Å². The highest BCUT2D eigenvalue weighted by atomic mass is 16.5. The molecular weight excluding hydrogens is 324 g/mol. The molecular formula is C21H25N4O+. The maximum atomic E-state index is 5.49. The molecule has 0 amide bonds. The first-order valence-electron chi connectivity index (χ1n) is 9.37. The van der Waals surface area contributed by atoms with Gasteiger partial charge in [-0.15, -0.1) is 0 Å². The molecule has 5 nitrogen and oxygen atoms in total. The second-order valence-corrected chi connectivity index (χ2v) is 6.81. The molecule has 0 bridgehead atoms. The smallest absolute Gasteiger partial charge is 0.282 e. The molecule has 0 unspecified atom stereocenters. The van der Waals surface area contributed by atoms with Crippen LogP contribution in [0.4, 0.5) is 5.69 Å². The molecule has 2 aromatic carbocycles. The quantitative estimate of drug-likeness (QED) is 0.767. The van der Waals surface area contributed by atoms with Crippen LogP contribution in [0, 0.1) is 0 Å². The summed E-state index contributed by atoms with van der Waals surface area (Å²) in [5, 5.41) is 4.16. The van der Waals surface area contributed by atoms with Gasteiger partial charge in [0.2, 0.25) is 5.82 Å². The number of nitrogens with zero attached hydrogens (tertiary/aromatic N) is 3. The van der Waals surface area contributed by atoms with E-state index in [-0.39, 0.29) is 0 Å². The van der Waals surface area contributed by atoms with E-state index in [4.69, 9.17) is 4.52 Å². The van der Waals surface area contributed by atoms with E-state index in [9.17, 15) is 0 Å². The lowest BCUT2D eigenvalue weighted by molar-refractivity contribution is -0.915. The molecule has 0 atom stereocenters. The van der Waals surface area contributed by atoms with Gasteiger partial charge in [-0.05, 0) is 24.1 Å². The van der Waals surface area contributed by atoms with Crippen molar-refractivity contribution in [3.63, 3.8) is 0 Å². The first-order valence-corrected chi connectivity index (χ1v) is 9.37. The average Bonchev–Trinajstić information content (AvgIpc) is 3.18. The summed E-state index contributed by atoms with van der Waals surface area (Å²) in [5.74, 6) is 1.41.